The Morgan fingerprint density at radius 2 is 1.33 bits per heavy atom. The Kier molecular flexibility index (Phi) is 11.3. The van der Waals surface area contributed by atoms with Gasteiger partial charge in [0.15, 0.2) is 12.6 Å². The molecule has 0 radical (unpaired) electrons. The summed E-state index contributed by atoms with van der Waals surface area (Å²) < 4.78 is 25.5. The molecule has 2 aliphatic heterocycles. The van der Waals surface area contributed by atoms with Crippen molar-refractivity contribution in [3.05, 3.63) is 0 Å². The van der Waals surface area contributed by atoms with E-state index in [-0.39, 0.29) is 40.8 Å². The number of fused-ring (bicyclic) bond motifs is 5. The molecule has 0 aromatic rings. The van der Waals surface area contributed by atoms with Crippen LogP contribution < -0.4 is 0 Å². The highest BCUT2D eigenvalue weighted by molar-refractivity contribution is 5.15. The van der Waals surface area contributed by atoms with Crippen molar-refractivity contribution in [1.82, 2.24) is 0 Å². The van der Waals surface area contributed by atoms with Gasteiger partial charge >= 0.3 is 0 Å². The Bertz CT molecular complexity index is 1080. The van der Waals surface area contributed by atoms with E-state index in [0.717, 1.165) is 57.8 Å². The third-order valence-electron chi connectivity index (χ3n) is 14.5. The van der Waals surface area contributed by atoms with Crippen LogP contribution in [0.3, 0.4) is 0 Å². The predicted molar refractivity (Wildman–Crippen MR) is 172 cm³/mol. The van der Waals surface area contributed by atoms with Crippen LogP contribution in [0.1, 0.15) is 91.9 Å². The molecule has 12 nitrogen and oxygen atoms in total. The molecular weight excluding hydrogens is 624 g/mol. The lowest BCUT2D eigenvalue weighted by Crippen LogP contribution is -2.66. The molecule has 20 atom stereocenters. The highest BCUT2D eigenvalue weighted by Crippen LogP contribution is 2.69. The zero-order chi connectivity index (χ0) is 34.7. The van der Waals surface area contributed by atoms with E-state index in [1.165, 1.54) is 0 Å². The summed E-state index contributed by atoms with van der Waals surface area (Å²) in [5.41, 5.74) is -0.382. The number of hydrogen-bond acceptors (Lipinski definition) is 12. The van der Waals surface area contributed by atoms with E-state index in [2.05, 4.69) is 27.7 Å². The fourth-order valence-corrected chi connectivity index (χ4v) is 11.8. The van der Waals surface area contributed by atoms with Crippen LogP contribution in [-0.2, 0) is 18.9 Å². The van der Waals surface area contributed by atoms with Crippen LogP contribution in [0.5, 0.6) is 0 Å². The molecule has 0 amide bonds. The van der Waals surface area contributed by atoms with Gasteiger partial charge in [0.2, 0.25) is 0 Å². The molecule has 8 N–H and O–H groups in total. The minimum absolute atomic E-state index is 0.0103. The summed E-state index contributed by atoms with van der Waals surface area (Å²) in [4.78, 5) is 0. The van der Waals surface area contributed by atoms with E-state index in [9.17, 15) is 40.9 Å². The third kappa shape index (κ3) is 6.11. The van der Waals surface area contributed by atoms with Crippen LogP contribution in [0.25, 0.3) is 0 Å². The second-order valence-corrected chi connectivity index (χ2v) is 16.7. The molecule has 0 aromatic carbocycles. The van der Waals surface area contributed by atoms with Gasteiger partial charge in [0.05, 0.1) is 25.4 Å². The first-order chi connectivity index (χ1) is 22.8. The molecule has 6 fully saturated rings. The SMILES string of the molecule is CCC[C@@H](C)[C@H]1CC[C@H]2C3[C@H](O[C@@H]4OC(CO)[C@@H](O)C(O)[C@@H]4O)C[C@@H]4CCCC[C@]4(C)[C@H]3C[C@H](O[C@@H]3OC(CO)[C@@H](O)C(O)C3O)[C@]12C. The number of aliphatic hydroxyl groups is 8. The van der Waals surface area contributed by atoms with Crippen LogP contribution in [0.4, 0.5) is 0 Å². The van der Waals surface area contributed by atoms with Crippen LogP contribution >= 0.6 is 0 Å². The van der Waals surface area contributed by atoms with Crippen molar-refractivity contribution in [2.45, 2.75) is 166 Å². The molecule has 48 heavy (non-hydrogen) atoms. The highest BCUT2D eigenvalue weighted by Gasteiger charge is 2.67. The van der Waals surface area contributed by atoms with E-state index >= 15 is 0 Å². The van der Waals surface area contributed by atoms with Gasteiger partial charge in [-0.15, -0.1) is 0 Å². The number of aliphatic hydroxyl groups excluding tert-OH is 8. The van der Waals surface area contributed by atoms with Gasteiger partial charge in [-0.25, -0.2) is 0 Å². The zero-order valence-corrected chi connectivity index (χ0v) is 29.1. The second-order valence-electron chi connectivity index (χ2n) is 16.7. The summed E-state index contributed by atoms with van der Waals surface area (Å²) in [7, 11) is 0. The average molecular weight is 687 g/mol. The third-order valence-corrected chi connectivity index (χ3v) is 14.5. The Morgan fingerprint density at radius 1 is 0.729 bits per heavy atom. The van der Waals surface area contributed by atoms with Gasteiger partial charge < -0.3 is 59.8 Å². The van der Waals surface area contributed by atoms with E-state index in [1.54, 1.807) is 0 Å². The fourth-order valence-electron chi connectivity index (χ4n) is 11.8. The van der Waals surface area contributed by atoms with Crippen molar-refractivity contribution < 1.29 is 59.8 Å². The minimum atomic E-state index is -1.52. The Balaban J connectivity index is 1.37. The fraction of sp³-hybridized carbons (Fsp3) is 1.00. The van der Waals surface area contributed by atoms with Crippen molar-refractivity contribution in [2.24, 2.45) is 46.3 Å². The Morgan fingerprint density at radius 3 is 1.92 bits per heavy atom. The van der Waals surface area contributed by atoms with E-state index < -0.39 is 74.6 Å². The summed E-state index contributed by atoms with van der Waals surface area (Å²) in [5, 5.41) is 84.1. The molecule has 2 heterocycles. The van der Waals surface area contributed by atoms with Gasteiger partial charge in [0, 0.05) is 5.41 Å². The highest BCUT2D eigenvalue weighted by atomic mass is 16.7. The molecule has 4 saturated carbocycles. The Labute approximate surface area is 284 Å². The maximum absolute atomic E-state index is 11.1. The molecule has 2 saturated heterocycles. The first kappa shape index (κ1) is 37.3. The smallest absolute Gasteiger partial charge is 0.186 e. The van der Waals surface area contributed by atoms with Crippen molar-refractivity contribution in [1.29, 1.82) is 0 Å². The molecule has 6 unspecified atom stereocenters. The number of hydrogen-bond donors (Lipinski definition) is 8. The predicted octanol–water partition coefficient (Wildman–Crippen LogP) is 1.06. The molecule has 0 aromatic heterocycles. The topological polar surface area (TPSA) is 199 Å². The van der Waals surface area contributed by atoms with E-state index in [1.807, 2.05) is 0 Å². The van der Waals surface area contributed by atoms with Crippen LogP contribution in [0.15, 0.2) is 0 Å². The van der Waals surface area contributed by atoms with Gasteiger partial charge in [0.1, 0.15) is 48.8 Å². The molecule has 6 rings (SSSR count). The molecule has 0 bridgehead atoms. The quantitative estimate of drug-likeness (QED) is 0.161. The van der Waals surface area contributed by atoms with E-state index in [4.69, 9.17) is 18.9 Å². The summed E-state index contributed by atoms with van der Waals surface area (Å²) in [5.74, 6) is 1.41. The van der Waals surface area contributed by atoms with Crippen LogP contribution in [0.2, 0.25) is 0 Å². The number of ether oxygens (including phenoxy) is 4. The van der Waals surface area contributed by atoms with Gasteiger partial charge in [-0.05, 0) is 79.4 Å². The largest absolute Gasteiger partial charge is 0.394 e. The first-order valence-electron chi connectivity index (χ1n) is 18.7. The van der Waals surface area contributed by atoms with E-state index in [0.29, 0.717) is 24.2 Å². The van der Waals surface area contributed by atoms with Crippen molar-refractivity contribution in [3.8, 4) is 0 Å². The summed E-state index contributed by atoms with van der Waals surface area (Å²) in [6, 6.07) is 0. The first-order valence-corrected chi connectivity index (χ1v) is 18.7. The van der Waals surface area contributed by atoms with Crippen molar-refractivity contribution in [3.63, 3.8) is 0 Å². The number of rotatable bonds is 9. The second kappa shape index (κ2) is 14.5. The summed E-state index contributed by atoms with van der Waals surface area (Å²) in [6.45, 7) is 8.16. The average Bonchev–Trinajstić information content (AvgIpc) is 3.43. The molecule has 6 aliphatic rings. The summed E-state index contributed by atoms with van der Waals surface area (Å²) in [6.07, 6.45) is -4.24. The maximum Gasteiger partial charge on any atom is 0.186 e. The normalized spacial score (nSPS) is 54.6. The lowest BCUT2D eigenvalue weighted by molar-refractivity contribution is -0.345. The van der Waals surface area contributed by atoms with Crippen molar-refractivity contribution >= 4 is 0 Å². The van der Waals surface area contributed by atoms with Gasteiger partial charge in [0.25, 0.3) is 0 Å². The van der Waals surface area contributed by atoms with Gasteiger partial charge in [-0.3, -0.25) is 0 Å². The zero-order valence-electron chi connectivity index (χ0n) is 29.1. The Hall–Kier alpha value is -0.480. The molecule has 4 aliphatic carbocycles. The molecule has 0 spiro atoms. The molecular formula is C36H62O12. The van der Waals surface area contributed by atoms with Gasteiger partial charge in [-0.1, -0.05) is 53.4 Å². The lowest BCUT2D eigenvalue weighted by Gasteiger charge is -2.65. The standard InChI is InChI=1S/C36H62O12/c1-5-8-17(2)19-10-11-20-26-21(14-25(36(19,20)4)48-34-32(44)30(42)28(40)24(16-38)47-34)35(3)12-7-6-9-18(35)13-22(26)45-33-31(43)29(41)27(39)23(15-37)46-33/h17-34,37-44H,5-16H2,1-4H3/t17-,18+,19-,20+,21+,22-,23?,24?,25+,26?,27-,28-,29?,30?,31+,32?,33-,34+,35+,36-/m1/s1. The molecule has 278 valence electrons. The van der Waals surface area contributed by atoms with Gasteiger partial charge in [-0.2, -0.15) is 0 Å². The summed E-state index contributed by atoms with van der Waals surface area (Å²) >= 11 is 0. The van der Waals surface area contributed by atoms with Crippen molar-refractivity contribution in [2.75, 3.05) is 13.2 Å². The van der Waals surface area contributed by atoms with Crippen LogP contribution in [-0.4, -0.2) is 128 Å². The molecule has 12 heteroatoms. The lowest BCUT2D eigenvalue weighted by atomic mass is 9.43. The van der Waals surface area contributed by atoms with Crippen LogP contribution in [0, 0.1) is 46.3 Å². The minimum Gasteiger partial charge on any atom is -0.394 e. The monoisotopic (exact) mass is 686 g/mol. The maximum atomic E-state index is 11.1.